The number of rotatable bonds is 5. The first-order valence-corrected chi connectivity index (χ1v) is 5.90. The van der Waals surface area contributed by atoms with Crippen LogP contribution in [0, 0.1) is 0 Å². The number of azide groups is 1. The van der Waals surface area contributed by atoms with Gasteiger partial charge < -0.3 is 0 Å². The molecule has 0 aliphatic carbocycles. The van der Waals surface area contributed by atoms with Crippen molar-refractivity contribution in [3.05, 3.63) is 39.7 Å². The highest BCUT2D eigenvalue weighted by atomic mass is 32.1. The number of hydrogen-bond acceptors (Lipinski definition) is 3. The second-order valence-electron chi connectivity index (χ2n) is 3.32. The molecule has 0 N–H and O–H groups in total. The van der Waals surface area contributed by atoms with Gasteiger partial charge in [0.25, 0.3) is 0 Å². The van der Waals surface area contributed by atoms with Gasteiger partial charge in [-0.25, -0.2) is 4.39 Å². The van der Waals surface area contributed by atoms with Gasteiger partial charge in [-0.15, -0.1) is 11.3 Å². The molecule has 0 fully saturated rings. The Balaban J connectivity index is 2.37. The second-order valence-corrected chi connectivity index (χ2v) is 4.27. The molecule has 2 heterocycles. The van der Waals surface area contributed by atoms with Gasteiger partial charge in [0.05, 0.1) is 18.0 Å². The first kappa shape index (κ1) is 11.6. The average Bonchev–Trinajstić information content (AvgIpc) is 2.95. The van der Waals surface area contributed by atoms with E-state index in [9.17, 15) is 4.39 Å². The highest BCUT2D eigenvalue weighted by Crippen LogP contribution is 2.27. The number of aryl methyl sites for hydroxylation is 1. The van der Waals surface area contributed by atoms with Gasteiger partial charge in [-0.3, -0.25) is 4.68 Å². The average molecular weight is 251 g/mol. The molecule has 0 spiro atoms. The van der Waals surface area contributed by atoms with Crippen molar-refractivity contribution in [2.75, 3.05) is 6.67 Å². The zero-order valence-electron chi connectivity index (χ0n) is 8.95. The van der Waals surface area contributed by atoms with Crippen LogP contribution in [0.2, 0.25) is 0 Å². The van der Waals surface area contributed by atoms with E-state index in [1.165, 1.54) is 4.68 Å². The van der Waals surface area contributed by atoms with E-state index in [4.69, 9.17) is 5.53 Å². The minimum absolute atomic E-state index is 0.217. The highest BCUT2D eigenvalue weighted by molar-refractivity contribution is 7.13. The van der Waals surface area contributed by atoms with E-state index in [0.717, 1.165) is 16.1 Å². The summed E-state index contributed by atoms with van der Waals surface area (Å²) in [6.07, 6.45) is 1.73. The molecule has 0 amide bonds. The predicted molar refractivity (Wildman–Crippen MR) is 64.4 cm³/mol. The number of nitrogens with zero attached hydrogens (tertiary/aromatic N) is 5. The largest absolute Gasteiger partial charge is 0.269 e. The SMILES string of the molecule is [N-]=[N+]=NCc1cn(CCF)nc1-c1cccs1. The van der Waals surface area contributed by atoms with E-state index < -0.39 is 6.67 Å². The molecule has 0 saturated heterocycles. The number of hydrogen-bond donors (Lipinski definition) is 0. The maximum absolute atomic E-state index is 12.3. The third-order valence-corrected chi connectivity index (χ3v) is 3.09. The van der Waals surface area contributed by atoms with Gasteiger partial charge in [0.1, 0.15) is 12.4 Å². The van der Waals surface area contributed by atoms with E-state index in [1.807, 2.05) is 17.5 Å². The molecule has 17 heavy (non-hydrogen) atoms. The monoisotopic (exact) mass is 251 g/mol. The summed E-state index contributed by atoms with van der Waals surface area (Å²) in [5.74, 6) is 0. The molecule has 0 atom stereocenters. The van der Waals surface area contributed by atoms with Crippen molar-refractivity contribution in [2.24, 2.45) is 5.11 Å². The van der Waals surface area contributed by atoms with Crippen molar-refractivity contribution in [1.29, 1.82) is 0 Å². The van der Waals surface area contributed by atoms with Gasteiger partial charge in [0.15, 0.2) is 0 Å². The van der Waals surface area contributed by atoms with Crippen LogP contribution in [0.1, 0.15) is 5.56 Å². The lowest BCUT2D eigenvalue weighted by Crippen LogP contribution is -1.99. The molecule has 0 unspecified atom stereocenters. The van der Waals surface area contributed by atoms with Crippen LogP contribution < -0.4 is 0 Å². The minimum Gasteiger partial charge on any atom is -0.269 e. The minimum atomic E-state index is -0.466. The highest BCUT2D eigenvalue weighted by Gasteiger charge is 2.11. The summed E-state index contributed by atoms with van der Waals surface area (Å²) in [6.45, 7) is -0.0167. The first-order valence-electron chi connectivity index (χ1n) is 5.02. The molecule has 5 nitrogen and oxygen atoms in total. The molecule has 2 aromatic heterocycles. The van der Waals surface area contributed by atoms with Gasteiger partial charge in [-0.2, -0.15) is 5.10 Å². The van der Waals surface area contributed by atoms with Gasteiger partial charge in [0.2, 0.25) is 0 Å². The zero-order chi connectivity index (χ0) is 12.1. The molecular formula is C10H10FN5S. The Morgan fingerprint density at radius 2 is 2.47 bits per heavy atom. The lowest BCUT2D eigenvalue weighted by atomic mass is 10.2. The normalized spacial score (nSPS) is 10.2. The summed E-state index contributed by atoms with van der Waals surface area (Å²) in [5, 5.41) is 9.77. The number of thiophene rings is 1. The van der Waals surface area contributed by atoms with Crippen molar-refractivity contribution in [1.82, 2.24) is 9.78 Å². The summed E-state index contributed by atoms with van der Waals surface area (Å²) in [5.41, 5.74) is 9.92. The molecule has 0 aromatic carbocycles. The van der Waals surface area contributed by atoms with Crippen molar-refractivity contribution in [3.8, 4) is 10.6 Å². The summed E-state index contributed by atoms with van der Waals surface area (Å²) >= 11 is 1.55. The van der Waals surface area contributed by atoms with Crippen LogP contribution >= 0.6 is 11.3 Å². The van der Waals surface area contributed by atoms with Crippen molar-refractivity contribution in [2.45, 2.75) is 13.1 Å². The lowest BCUT2D eigenvalue weighted by molar-refractivity contribution is 0.427. The van der Waals surface area contributed by atoms with Crippen LogP contribution in [0.5, 0.6) is 0 Å². The summed E-state index contributed by atoms with van der Waals surface area (Å²) < 4.78 is 13.8. The standard InChI is InChI=1S/C10H10FN5S/c11-3-4-16-7-8(6-13-15-12)10(14-16)9-2-1-5-17-9/h1-2,5,7H,3-4,6H2. The van der Waals surface area contributed by atoms with Crippen molar-refractivity contribution in [3.63, 3.8) is 0 Å². The number of halogens is 1. The van der Waals surface area contributed by atoms with Gasteiger partial charge >= 0.3 is 0 Å². The molecule has 88 valence electrons. The third kappa shape index (κ3) is 2.64. The Hall–Kier alpha value is -1.85. The maximum atomic E-state index is 12.3. The Morgan fingerprint density at radius 3 is 3.12 bits per heavy atom. The van der Waals surface area contributed by atoms with E-state index >= 15 is 0 Å². The van der Waals surface area contributed by atoms with Crippen LogP contribution in [0.25, 0.3) is 21.0 Å². The van der Waals surface area contributed by atoms with Crippen LogP contribution in [0.15, 0.2) is 28.8 Å². The van der Waals surface area contributed by atoms with Crippen LogP contribution in [-0.2, 0) is 13.1 Å². The van der Waals surface area contributed by atoms with E-state index in [2.05, 4.69) is 15.1 Å². The predicted octanol–water partition coefficient (Wildman–Crippen LogP) is 3.39. The topological polar surface area (TPSA) is 66.6 Å². The van der Waals surface area contributed by atoms with Crippen molar-refractivity contribution < 1.29 is 4.39 Å². The molecule has 0 bridgehead atoms. The molecule has 2 rings (SSSR count). The summed E-state index contributed by atoms with van der Waals surface area (Å²) in [4.78, 5) is 3.72. The molecular weight excluding hydrogens is 241 g/mol. The van der Waals surface area contributed by atoms with E-state index in [-0.39, 0.29) is 13.1 Å². The van der Waals surface area contributed by atoms with E-state index in [0.29, 0.717) is 0 Å². The lowest BCUT2D eigenvalue weighted by Gasteiger charge is -1.94. The number of alkyl halides is 1. The molecule has 0 saturated carbocycles. The number of aromatic nitrogens is 2. The Morgan fingerprint density at radius 1 is 1.59 bits per heavy atom. The van der Waals surface area contributed by atoms with Crippen LogP contribution in [-0.4, -0.2) is 16.5 Å². The fourth-order valence-electron chi connectivity index (χ4n) is 1.51. The fourth-order valence-corrected chi connectivity index (χ4v) is 2.25. The van der Waals surface area contributed by atoms with Crippen molar-refractivity contribution >= 4 is 11.3 Å². The van der Waals surface area contributed by atoms with Gasteiger partial charge in [-0.1, -0.05) is 11.2 Å². The first-order chi connectivity index (χ1) is 8.35. The van der Waals surface area contributed by atoms with Crippen LogP contribution in [0.4, 0.5) is 4.39 Å². The molecule has 0 radical (unpaired) electrons. The fraction of sp³-hybridized carbons (Fsp3) is 0.300. The quantitative estimate of drug-likeness (QED) is 0.456. The molecule has 0 aliphatic heterocycles. The Kier molecular flexibility index (Phi) is 3.74. The zero-order valence-corrected chi connectivity index (χ0v) is 9.77. The summed E-state index contributed by atoms with van der Waals surface area (Å²) in [7, 11) is 0. The van der Waals surface area contributed by atoms with Gasteiger partial charge in [-0.05, 0) is 17.0 Å². The second kappa shape index (κ2) is 5.47. The third-order valence-electron chi connectivity index (χ3n) is 2.21. The van der Waals surface area contributed by atoms with E-state index in [1.54, 1.807) is 17.5 Å². The van der Waals surface area contributed by atoms with Gasteiger partial charge in [0, 0.05) is 16.7 Å². The smallest absolute Gasteiger partial charge is 0.109 e. The summed E-state index contributed by atoms with van der Waals surface area (Å²) in [6, 6.07) is 3.86. The maximum Gasteiger partial charge on any atom is 0.109 e. The van der Waals surface area contributed by atoms with Crippen LogP contribution in [0.3, 0.4) is 0 Å². The molecule has 2 aromatic rings. The molecule has 0 aliphatic rings. The Bertz CT molecular complexity index is 527. The Labute approximate surface area is 101 Å². The molecule has 7 heteroatoms.